The Morgan fingerprint density at radius 3 is 3.06 bits per heavy atom. The highest BCUT2D eigenvalue weighted by atomic mass is 32.1. The molecule has 1 aromatic rings. The van der Waals surface area contributed by atoms with Gasteiger partial charge in [-0.25, -0.2) is 0 Å². The summed E-state index contributed by atoms with van der Waals surface area (Å²) in [5.41, 5.74) is 1.66. The van der Waals surface area contributed by atoms with Gasteiger partial charge in [-0.15, -0.1) is 11.3 Å². The Morgan fingerprint density at radius 2 is 2.29 bits per heavy atom. The SMILES string of the molecule is CCCNC(CCC)C1CCCc2sccc21. The van der Waals surface area contributed by atoms with Crippen LogP contribution in [-0.4, -0.2) is 12.6 Å². The molecule has 0 aromatic carbocycles. The van der Waals surface area contributed by atoms with Crippen molar-refractivity contribution in [3.8, 4) is 0 Å². The lowest BCUT2D eigenvalue weighted by Crippen LogP contribution is -2.36. The van der Waals surface area contributed by atoms with E-state index in [9.17, 15) is 0 Å². The molecule has 1 aliphatic carbocycles. The van der Waals surface area contributed by atoms with Gasteiger partial charge < -0.3 is 5.32 Å². The lowest BCUT2D eigenvalue weighted by Gasteiger charge is -2.31. The molecule has 1 N–H and O–H groups in total. The van der Waals surface area contributed by atoms with Crippen LogP contribution < -0.4 is 5.32 Å². The van der Waals surface area contributed by atoms with Crippen molar-refractivity contribution >= 4 is 11.3 Å². The van der Waals surface area contributed by atoms with E-state index in [0.717, 1.165) is 5.92 Å². The van der Waals surface area contributed by atoms with Crippen LogP contribution in [0.4, 0.5) is 0 Å². The molecule has 1 aliphatic rings. The first-order valence-corrected chi connectivity index (χ1v) is 8.04. The number of hydrogen-bond acceptors (Lipinski definition) is 2. The van der Waals surface area contributed by atoms with Gasteiger partial charge in [-0.3, -0.25) is 0 Å². The summed E-state index contributed by atoms with van der Waals surface area (Å²) in [4.78, 5) is 1.65. The standard InChI is InChI=1S/C15H25NS/c1-3-6-14(16-10-4-2)12-7-5-8-15-13(12)9-11-17-15/h9,11-12,14,16H,3-8,10H2,1-2H3. The van der Waals surface area contributed by atoms with Gasteiger partial charge in [0.25, 0.3) is 0 Å². The van der Waals surface area contributed by atoms with Crippen molar-refractivity contribution in [1.29, 1.82) is 0 Å². The zero-order chi connectivity index (χ0) is 12.1. The van der Waals surface area contributed by atoms with E-state index in [4.69, 9.17) is 0 Å². The minimum atomic E-state index is 0.702. The molecule has 0 saturated carbocycles. The van der Waals surface area contributed by atoms with E-state index in [1.807, 2.05) is 11.3 Å². The minimum Gasteiger partial charge on any atom is -0.313 e. The molecule has 2 heteroatoms. The van der Waals surface area contributed by atoms with Crippen LogP contribution in [0.5, 0.6) is 0 Å². The normalized spacial score (nSPS) is 21.2. The van der Waals surface area contributed by atoms with E-state index in [0.29, 0.717) is 6.04 Å². The third-order valence-electron chi connectivity index (χ3n) is 3.84. The van der Waals surface area contributed by atoms with Crippen LogP contribution >= 0.6 is 11.3 Å². The smallest absolute Gasteiger partial charge is 0.0136 e. The molecule has 1 heterocycles. The highest BCUT2D eigenvalue weighted by Gasteiger charge is 2.27. The minimum absolute atomic E-state index is 0.702. The second-order valence-corrected chi connectivity index (χ2v) is 6.15. The second-order valence-electron chi connectivity index (χ2n) is 5.15. The van der Waals surface area contributed by atoms with Crippen LogP contribution in [0.1, 0.15) is 62.3 Å². The van der Waals surface area contributed by atoms with E-state index in [1.54, 1.807) is 10.4 Å². The molecule has 2 rings (SSSR count). The molecule has 0 fully saturated rings. The third-order valence-corrected chi connectivity index (χ3v) is 4.84. The summed E-state index contributed by atoms with van der Waals surface area (Å²) in [5.74, 6) is 0.775. The Balaban J connectivity index is 2.09. The van der Waals surface area contributed by atoms with Crippen molar-refractivity contribution < 1.29 is 0 Å². The van der Waals surface area contributed by atoms with Gasteiger partial charge in [0.2, 0.25) is 0 Å². The van der Waals surface area contributed by atoms with Crippen LogP contribution in [0.25, 0.3) is 0 Å². The van der Waals surface area contributed by atoms with Crippen LogP contribution in [-0.2, 0) is 6.42 Å². The molecule has 1 aromatic heterocycles. The zero-order valence-corrected chi connectivity index (χ0v) is 12.0. The average Bonchev–Trinajstić information content (AvgIpc) is 2.82. The summed E-state index contributed by atoms with van der Waals surface area (Å²) < 4.78 is 0. The number of nitrogens with one attached hydrogen (secondary N) is 1. The number of hydrogen-bond donors (Lipinski definition) is 1. The Bertz CT molecular complexity index is 331. The predicted octanol–water partition coefficient (Wildman–Crippen LogP) is 4.34. The largest absolute Gasteiger partial charge is 0.313 e. The second kappa shape index (κ2) is 6.55. The quantitative estimate of drug-likeness (QED) is 0.793. The molecule has 2 atom stereocenters. The Hall–Kier alpha value is -0.340. The Morgan fingerprint density at radius 1 is 1.41 bits per heavy atom. The zero-order valence-electron chi connectivity index (χ0n) is 11.2. The van der Waals surface area contributed by atoms with Gasteiger partial charge in [-0.05, 0) is 55.7 Å². The molecule has 1 nitrogen and oxygen atoms in total. The van der Waals surface area contributed by atoms with E-state index in [1.165, 1.54) is 45.1 Å². The molecule has 96 valence electrons. The number of aryl methyl sites for hydroxylation is 1. The highest BCUT2D eigenvalue weighted by Crippen LogP contribution is 2.38. The van der Waals surface area contributed by atoms with Crippen molar-refractivity contribution in [1.82, 2.24) is 5.32 Å². The summed E-state index contributed by atoms with van der Waals surface area (Å²) in [6.45, 7) is 5.73. The van der Waals surface area contributed by atoms with Crippen LogP contribution in [0, 0.1) is 0 Å². The lowest BCUT2D eigenvalue weighted by molar-refractivity contribution is 0.372. The van der Waals surface area contributed by atoms with Crippen LogP contribution in [0.3, 0.4) is 0 Å². The first kappa shape index (κ1) is 13.1. The summed E-state index contributed by atoms with van der Waals surface area (Å²) in [7, 11) is 0. The molecule has 2 unspecified atom stereocenters. The Kier molecular flexibility index (Phi) is 5.05. The first-order chi connectivity index (χ1) is 8.36. The van der Waals surface area contributed by atoms with Gasteiger partial charge in [0.05, 0.1) is 0 Å². The van der Waals surface area contributed by atoms with Crippen molar-refractivity contribution in [3.63, 3.8) is 0 Å². The van der Waals surface area contributed by atoms with E-state index in [-0.39, 0.29) is 0 Å². The molecule has 0 spiro atoms. The van der Waals surface area contributed by atoms with Gasteiger partial charge in [0.15, 0.2) is 0 Å². The van der Waals surface area contributed by atoms with Gasteiger partial charge >= 0.3 is 0 Å². The fourth-order valence-electron chi connectivity index (χ4n) is 3.03. The predicted molar refractivity (Wildman–Crippen MR) is 77.0 cm³/mol. The summed E-state index contributed by atoms with van der Waals surface area (Å²) >= 11 is 1.96. The van der Waals surface area contributed by atoms with Gasteiger partial charge in [0.1, 0.15) is 0 Å². The van der Waals surface area contributed by atoms with Crippen molar-refractivity contribution in [2.24, 2.45) is 0 Å². The first-order valence-electron chi connectivity index (χ1n) is 7.16. The summed E-state index contributed by atoms with van der Waals surface area (Å²) in [6, 6.07) is 3.08. The van der Waals surface area contributed by atoms with E-state index in [2.05, 4.69) is 30.6 Å². The highest BCUT2D eigenvalue weighted by molar-refractivity contribution is 7.10. The molecule has 0 bridgehead atoms. The topological polar surface area (TPSA) is 12.0 Å². The van der Waals surface area contributed by atoms with Crippen LogP contribution in [0.2, 0.25) is 0 Å². The summed E-state index contributed by atoms with van der Waals surface area (Å²) in [6.07, 6.45) is 7.92. The lowest BCUT2D eigenvalue weighted by atomic mass is 9.81. The van der Waals surface area contributed by atoms with Gasteiger partial charge in [-0.1, -0.05) is 20.3 Å². The van der Waals surface area contributed by atoms with Crippen molar-refractivity contribution in [2.45, 2.75) is 64.3 Å². The van der Waals surface area contributed by atoms with Crippen LogP contribution in [0.15, 0.2) is 11.4 Å². The fraction of sp³-hybridized carbons (Fsp3) is 0.733. The third kappa shape index (κ3) is 3.11. The molecule has 0 amide bonds. The summed E-state index contributed by atoms with van der Waals surface area (Å²) in [5, 5.41) is 6.06. The van der Waals surface area contributed by atoms with E-state index < -0.39 is 0 Å². The molecule has 0 saturated heterocycles. The van der Waals surface area contributed by atoms with Gasteiger partial charge in [0, 0.05) is 16.8 Å². The maximum atomic E-state index is 3.78. The Labute approximate surface area is 110 Å². The molecule has 0 radical (unpaired) electrons. The number of fused-ring (bicyclic) bond motifs is 1. The fourth-order valence-corrected chi connectivity index (χ4v) is 4.02. The van der Waals surface area contributed by atoms with E-state index >= 15 is 0 Å². The number of thiophene rings is 1. The van der Waals surface area contributed by atoms with Gasteiger partial charge in [-0.2, -0.15) is 0 Å². The number of rotatable bonds is 6. The van der Waals surface area contributed by atoms with Crippen molar-refractivity contribution in [3.05, 3.63) is 21.9 Å². The van der Waals surface area contributed by atoms with Crippen molar-refractivity contribution in [2.75, 3.05) is 6.54 Å². The molecule has 0 aliphatic heterocycles. The monoisotopic (exact) mass is 251 g/mol. The average molecular weight is 251 g/mol. The molecular formula is C15H25NS. The molecule has 17 heavy (non-hydrogen) atoms. The maximum absolute atomic E-state index is 3.78. The maximum Gasteiger partial charge on any atom is 0.0136 e. The molecular weight excluding hydrogens is 226 g/mol.